The second-order valence-corrected chi connectivity index (χ2v) is 5.40. The van der Waals surface area contributed by atoms with Gasteiger partial charge in [-0.3, -0.25) is 4.98 Å². The molecular weight excluding hydrogens is 232 g/mol. The van der Waals surface area contributed by atoms with Crippen molar-refractivity contribution < 1.29 is 0 Å². The Morgan fingerprint density at radius 3 is 2.37 bits per heavy atom. The Balaban J connectivity index is 1.84. The van der Waals surface area contributed by atoms with Gasteiger partial charge in [0.2, 0.25) is 0 Å². The Bertz CT molecular complexity index is 539. The van der Waals surface area contributed by atoms with Gasteiger partial charge in [-0.15, -0.1) is 0 Å². The third-order valence-electron chi connectivity index (χ3n) is 4.10. The van der Waals surface area contributed by atoms with Crippen LogP contribution in [0.25, 0.3) is 11.3 Å². The van der Waals surface area contributed by atoms with Crippen LogP contribution in [0.3, 0.4) is 0 Å². The fourth-order valence-corrected chi connectivity index (χ4v) is 3.01. The quantitative estimate of drug-likeness (QED) is 0.861. The predicted octanol–water partition coefficient (Wildman–Crippen LogP) is 4.38. The number of pyridine rings is 1. The maximum Gasteiger partial charge on any atom is 0.0931 e. The highest BCUT2D eigenvalue weighted by Crippen LogP contribution is 2.33. The van der Waals surface area contributed by atoms with Gasteiger partial charge in [0, 0.05) is 11.8 Å². The molecule has 0 atom stereocenters. The Labute approximate surface area is 114 Å². The van der Waals surface area contributed by atoms with Crippen molar-refractivity contribution in [2.24, 2.45) is 0 Å². The third-order valence-corrected chi connectivity index (χ3v) is 4.10. The lowest BCUT2D eigenvalue weighted by molar-refractivity contribution is 0.443. The molecule has 3 rings (SSSR count). The van der Waals surface area contributed by atoms with Crippen molar-refractivity contribution in [1.29, 1.82) is 0 Å². The van der Waals surface area contributed by atoms with Gasteiger partial charge in [0.1, 0.15) is 0 Å². The monoisotopic (exact) mass is 252 g/mol. The molecule has 1 aromatic heterocycles. The van der Waals surface area contributed by atoms with Gasteiger partial charge in [-0.05, 0) is 36.5 Å². The Hall–Kier alpha value is -1.83. The maximum atomic E-state index is 5.97. The summed E-state index contributed by atoms with van der Waals surface area (Å²) in [7, 11) is 0. The van der Waals surface area contributed by atoms with Gasteiger partial charge in [0.25, 0.3) is 0 Å². The number of benzene rings is 1. The summed E-state index contributed by atoms with van der Waals surface area (Å²) < 4.78 is 0. The van der Waals surface area contributed by atoms with Gasteiger partial charge < -0.3 is 5.73 Å². The van der Waals surface area contributed by atoms with E-state index in [9.17, 15) is 0 Å². The van der Waals surface area contributed by atoms with E-state index in [1.165, 1.54) is 37.7 Å². The average molecular weight is 252 g/mol. The van der Waals surface area contributed by atoms with Gasteiger partial charge >= 0.3 is 0 Å². The topological polar surface area (TPSA) is 38.9 Å². The summed E-state index contributed by atoms with van der Waals surface area (Å²) in [5.74, 6) is 0.754. The highest BCUT2D eigenvalue weighted by Gasteiger charge is 2.15. The molecule has 2 nitrogen and oxygen atoms in total. The molecule has 1 fully saturated rings. The molecule has 1 aliphatic rings. The summed E-state index contributed by atoms with van der Waals surface area (Å²) in [4.78, 5) is 4.37. The molecule has 0 spiro atoms. The summed E-state index contributed by atoms with van der Waals surface area (Å²) in [6.45, 7) is 0. The minimum atomic E-state index is 0.743. The van der Waals surface area contributed by atoms with E-state index >= 15 is 0 Å². The molecule has 2 aromatic rings. The van der Waals surface area contributed by atoms with E-state index < -0.39 is 0 Å². The Morgan fingerprint density at radius 2 is 1.68 bits per heavy atom. The molecular formula is C17H20N2. The molecule has 98 valence electrons. The lowest BCUT2D eigenvalue weighted by Crippen LogP contribution is -2.04. The SMILES string of the molecule is Nc1cccnc1-c1ccc(C2CCCCC2)cc1. The second kappa shape index (κ2) is 5.43. The highest BCUT2D eigenvalue weighted by molar-refractivity contribution is 5.72. The van der Waals surface area contributed by atoms with Crippen molar-refractivity contribution >= 4 is 5.69 Å². The smallest absolute Gasteiger partial charge is 0.0931 e. The molecule has 1 aromatic carbocycles. The van der Waals surface area contributed by atoms with Crippen molar-refractivity contribution in [2.45, 2.75) is 38.0 Å². The van der Waals surface area contributed by atoms with Crippen LogP contribution in [0.15, 0.2) is 42.6 Å². The number of hydrogen-bond donors (Lipinski definition) is 1. The van der Waals surface area contributed by atoms with E-state index in [4.69, 9.17) is 5.73 Å². The fourth-order valence-electron chi connectivity index (χ4n) is 3.01. The van der Waals surface area contributed by atoms with Crippen LogP contribution in [0, 0.1) is 0 Å². The largest absolute Gasteiger partial charge is 0.397 e. The molecule has 0 aliphatic heterocycles. The van der Waals surface area contributed by atoms with E-state index in [2.05, 4.69) is 29.2 Å². The van der Waals surface area contributed by atoms with Crippen molar-refractivity contribution in [2.75, 3.05) is 5.73 Å². The summed E-state index contributed by atoms with van der Waals surface area (Å²) in [5, 5.41) is 0. The van der Waals surface area contributed by atoms with Gasteiger partial charge in [-0.25, -0.2) is 0 Å². The first kappa shape index (κ1) is 12.2. The van der Waals surface area contributed by atoms with E-state index in [0.717, 1.165) is 22.9 Å². The first-order valence-electron chi connectivity index (χ1n) is 7.15. The first-order valence-corrected chi connectivity index (χ1v) is 7.15. The number of nitrogens with zero attached hydrogens (tertiary/aromatic N) is 1. The van der Waals surface area contributed by atoms with Crippen LogP contribution in [-0.4, -0.2) is 4.98 Å². The van der Waals surface area contributed by atoms with Crippen LogP contribution in [0.4, 0.5) is 5.69 Å². The van der Waals surface area contributed by atoms with Crippen molar-refractivity contribution in [3.05, 3.63) is 48.2 Å². The van der Waals surface area contributed by atoms with Gasteiger partial charge in [0.05, 0.1) is 11.4 Å². The van der Waals surface area contributed by atoms with Crippen LogP contribution < -0.4 is 5.73 Å². The molecule has 1 heterocycles. The Kier molecular flexibility index (Phi) is 3.49. The van der Waals surface area contributed by atoms with Crippen LogP contribution in [-0.2, 0) is 0 Å². The minimum Gasteiger partial charge on any atom is -0.397 e. The van der Waals surface area contributed by atoms with E-state index in [1.807, 2.05) is 12.1 Å². The molecule has 1 aliphatic carbocycles. The summed E-state index contributed by atoms with van der Waals surface area (Å²) >= 11 is 0. The summed E-state index contributed by atoms with van der Waals surface area (Å²) in [6.07, 6.45) is 8.62. The van der Waals surface area contributed by atoms with E-state index in [1.54, 1.807) is 6.20 Å². The summed E-state index contributed by atoms with van der Waals surface area (Å²) in [6, 6.07) is 12.6. The normalized spacial score (nSPS) is 16.4. The van der Waals surface area contributed by atoms with Crippen molar-refractivity contribution in [3.63, 3.8) is 0 Å². The van der Waals surface area contributed by atoms with Crippen molar-refractivity contribution in [1.82, 2.24) is 4.98 Å². The van der Waals surface area contributed by atoms with Crippen LogP contribution >= 0.6 is 0 Å². The minimum absolute atomic E-state index is 0.743. The van der Waals surface area contributed by atoms with Gasteiger partial charge in [0.15, 0.2) is 0 Å². The zero-order chi connectivity index (χ0) is 13.1. The zero-order valence-corrected chi connectivity index (χ0v) is 11.2. The van der Waals surface area contributed by atoms with E-state index in [-0.39, 0.29) is 0 Å². The van der Waals surface area contributed by atoms with Gasteiger partial charge in [-0.1, -0.05) is 43.5 Å². The number of anilines is 1. The molecule has 0 saturated heterocycles. The molecule has 0 amide bonds. The second-order valence-electron chi connectivity index (χ2n) is 5.40. The molecule has 2 N–H and O–H groups in total. The molecule has 0 unspecified atom stereocenters. The summed E-state index contributed by atoms with van der Waals surface area (Å²) in [5.41, 5.74) is 10.2. The molecule has 2 heteroatoms. The average Bonchev–Trinajstić information content (AvgIpc) is 2.49. The number of aromatic nitrogens is 1. The molecule has 0 radical (unpaired) electrons. The maximum absolute atomic E-state index is 5.97. The molecule has 19 heavy (non-hydrogen) atoms. The number of nitrogens with two attached hydrogens (primary N) is 1. The van der Waals surface area contributed by atoms with Crippen molar-refractivity contribution in [3.8, 4) is 11.3 Å². The predicted molar refractivity (Wildman–Crippen MR) is 79.9 cm³/mol. The zero-order valence-electron chi connectivity index (χ0n) is 11.2. The standard InChI is InChI=1S/C17H20N2/c18-16-7-4-12-19-17(16)15-10-8-14(9-11-15)13-5-2-1-3-6-13/h4,7-13H,1-3,5-6,18H2. The lowest BCUT2D eigenvalue weighted by atomic mass is 9.84. The first-order chi connectivity index (χ1) is 9.34. The fraction of sp³-hybridized carbons (Fsp3) is 0.353. The number of hydrogen-bond acceptors (Lipinski definition) is 2. The number of rotatable bonds is 2. The number of nitrogen functional groups attached to an aromatic ring is 1. The molecule has 0 bridgehead atoms. The lowest BCUT2D eigenvalue weighted by Gasteiger charge is -2.22. The van der Waals surface area contributed by atoms with E-state index in [0.29, 0.717) is 0 Å². The van der Waals surface area contributed by atoms with Crippen LogP contribution in [0.2, 0.25) is 0 Å². The van der Waals surface area contributed by atoms with Crippen LogP contribution in [0.5, 0.6) is 0 Å². The Morgan fingerprint density at radius 1 is 0.947 bits per heavy atom. The van der Waals surface area contributed by atoms with Crippen LogP contribution in [0.1, 0.15) is 43.6 Å². The third kappa shape index (κ3) is 2.62. The highest BCUT2D eigenvalue weighted by atomic mass is 14.7. The molecule has 1 saturated carbocycles. The van der Waals surface area contributed by atoms with Gasteiger partial charge in [-0.2, -0.15) is 0 Å².